The van der Waals surface area contributed by atoms with Gasteiger partial charge < -0.3 is 15.5 Å². The summed E-state index contributed by atoms with van der Waals surface area (Å²) in [5, 5.41) is 0. The SMILES string of the molecule is CC(C)CN1CCC(CN=C(N)N2CCCCC2)C1.I. The van der Waals surface area contributed by atoms with Crippen molar-refractivity contribution in [1.29, 1.82) is 0 Å². The van der Waals surface area contributed by atoms with Gasteiger partial charge in [0, 0.05) is 32.7 Å². The minimum absolute atomic E-state index is 0. The molecule has 2 heterocycles. The predicted octanol–water partition coefficient (Wildman–Crippen LogP) is 2.38. The maximum absolute atomic E-state index is 6.10. The summed E-state index contributed by atoms with van der Waals surface area (Å²) >= 11 is 0. The van der Waals surface area contributed by atoms with Crippen LogP contribution in [0.15, 0.2) is 4.99 Å². The van der Waals surface area contributed by atoms with Crippen LogP contribution in [0.5, 0.6) is 0 Å². The Morgan fingerprint density at radius 2 is 1.90 bits per heavy atom. The Bertz CT molecular complexity index is 300. The van der Waals surface area contributed by atoms with Gasteiger partial charge in [-0.3, -0.25) is 4.99 Å². The first-order valence-corrected chi connectivity index (χ1v) is 7.92. The van der Waals surface area contributed by atoms with Crippen LogP contribution < -0.4 is 5.73 Å². The normalized spacial score (nSPS) is 25.1. The number of hydrogen-bond donors (Lipinski definition) is 1. The van der Waals surface area contributed by atoms with Crippen LogP contribution in [0.2, 0.25) is 0 Å². The number of halogens is 1. The lowest BCUT2D eigenvalue weighted by Crippen LogP contribution is -2.41. The number of piperidine rings is 1. The van der Waals surface area contributed by atoms with E-state index in [0.717, 1.165) is 31.5 Å². The first-order chi connectivity index (χ1) is 9.15. The molecule has 5 heteroatoms. The van der Waals surface area contributed by atoms with Gasteiger partial charge in [0.15, 0.2) is 5.96 Å². The van der Waals surface area contributed by atoms with E-state index in [9.17, 15) is 0 Å². The van der Waals surface area contributed by atoms with Crippen molar-refractivity contribution in [3.63, 3.8) is 0 Å². The fraction of sp³-hybridized carbons (Fsp3) is 0.933. The molecule has 20 heavy (non-hydrogen) atoms. The third-order valence-electron chi connectivity index (χ3n) is 4.18. The number of guanidine groups is 1. The van der Waals surface area contributed by atoms with E-state index < -0.39 is 0 Å². The minimum Gasteiger partial charge on any atom is -0.370 e. The Kier molecular flexibility index (Phi) is 8.17. The van der Waals surface area contributed by atoms with E-state index in [0.29, 0.717) is 5.92 Å². The molecule has 2 rings (SSSR count). The smallest absolute Gasteiger partial charge is 0.191 e. The van der Waals surface area contributed by atoms with Gasteiger partial charge in [-0.1, -0.05) is 13.8 Å². The summed E-state index contributed by atoms with van der Waals surface area (Å²) in [6.45, 7) is 11.4. The minimum atomic E-state index is 0. The standard InChI is InChI=1S/C15H30N4.HI/c1-13(2)11-18-9-6-14(12-18)10-17-15(16)19-7-4-3-5-8-19;/h13-14H,3-12H2,1-2H3,(H2,16,17);1H. The predicted molar refractivity (Wildman–Crippen MR) is 96.7 cm³/mol. The topological polar surface area (TPSA) is 44.9 Å². The van der Waals surface area contributed by atoms with Gasteiger partial charge in [0.05, 0.1) is 0 Å². The Labute approximate surface area is 141 Å². The highest BCUT2D eigenvalue weighted by Gasteiger charge is 2.22. The van der Waals surface area contributed by atoms with E-state index in [-0.39, 0.29) is 24.0 Å². The molecule has 2 fully saturated rings. The molecule has 0 aromatic rings. The van der Waals surface area contributed by atoms with E-state index >= 15 is 0 Å². The number of rotatable bonds is 4. The number of aliphatic imine (C=N–C) groups is 1. The van der Waals surface area contributed by atoms with Gasteiger partial charge in [0.25, 0.3) is 0 Å². The average molecular weight is 394 g/mol. The Hall–Kier alpha value is -0.0400. The molecule has 0 radical (unpaired) electrons. The Balaban J connectivity index is 0.00000200. The van der Waals surface area contributed by atoms with Gasteiger partial charge in [0.1, 0.15) is 0 Å². The zero-order valence-electron chi connectivity index (χ0n) is 13.1. The third kappa shape index (κ3) is 5.76. The quantitative estimate of drug-likeness (QED) is 0.453. The second-order valence-corrected chi connectivity index (χ2v) is 6.55. The molecule has 2 N–H and O–H groups in total. The van der Waals surface area contributed by atoms with Crippen molar-refractivity contribution in [3.05, 3.63) is 0 Å². The Morgan fingerprint density at radius 3 is 2.55 bits per heavy atom. The van der Waals surface area contributed by atoms with Crippen molar-refractivity contribution < 1.29 is 0 Å². The van der Waals surface area contributed by atoms with E-state index in [1.54, 1.807) is 0 Å². The van der Waals surface area contributed by atoms with E-state index in [1.165, 1.54) is 45.3 Å². The van der Waals surface area contributed by atoms with Gasteiger partial charge in [0.2, 0.25) is 0 Å². The van der Waals surface area contributed by atoms with Crippen LogP contribution in [0.25, 0.3) is 0 Å². The highest BCUT2D eigenvalue weighted by Crippen LogP contribution is 2.18. The number of hydrogen-bond acceptors (Lipinski definition) is 2. The van der Waals surface area contributed by atoms with Crippen LogP contribution in [0.4, 0.5) is 0 Å². The molecular formula is C15H31IN4. The third-order valence-corrected chi connectivity index (χ3v) is 4.18. The fourth-order valence-electron chi connectivity index (χ4n) is 3.19. The van der Waals surface area contributed by atoms with Crippen LogP contribution >= 0.6 is 24.0 Å². The van der Waals surface area contributed by atoms with Crippen LogP contribution in [-0.4, -0.2) is 55.0 Å². The van der Waals surface area contributed by atoms with Crippen molar-refractivity contribution in [3.8, 4) is 0 Å². The summed E-state index contributed by atoms with van der Waals surface area (Å²) in [5.74, 6) is 2.25. The van der Waals surface area contributed by atoms with Crippen LogP contribution in [0, 0.1) is 11.8 Å². The molecule has 0 aliphatic carbocycles. The van der Waals surface area contributed by atoms with Gasteiger partial charge >= 0.3 is 0 Å². The molecule has 1 atom stereocenters. The lowest BCUT2D eigenvalue weighted by atomic mass is 10.1. The van der Waals surface area contributed by atoms with Crippen LogP contribution in [-0.2, 0) is 0 Å². The number of nitrogens with two attached hydrogens (primary N) is 1. The molecule has 4 nitrogen and oxygen atoms in total. The van der Waals surface area contributed by atoms with Gasteiger partial charge in [-0.15, -0.1) is 24.0 Å². The summed E-state index contributed by atoms with van der Waals surface area (Å²) in [6.07, 6.45) is 5.16. The maximum atomic E-state index is 6.10. The number of nitrogens with zero attached hydrogens (tertiary/aromatic N) is 3. The zero-order valence-corrected chi connectivity index (χ0v) is 15.4. The molecule has 2 aliphatic heterocycles. The molecule has 2 saturated heterocycles. The van der Waals surface area contributed by atoms with Gasteiger partial charge in [-0.05, 0) is 44.1 Å². The first-order valence-electron chi connectivity index (χ1n) is 7.92. The number of likely N-dealkylation sites (tertiary alicyclic amines) is 2. The molecule has 0 spiro atoms. The lowest BCUT2D eigenvalue weighted by molar-refractivity contribution is 0.288. The second kappa shape index (κ2) is 9.07. The van der Waals surface area contributed by atoms with Crippen molar-refractivity contribution in [2.45, 2.75) is 39.5 Å². The lowest BCUT2D eigenvalue weighted by Gasteiger charge is -2.27. The van der Waals surface area contributed by atoms with Crippen LogP contribution in [0.3, 0.4) is 0 Å². The molecule has 1 unspecified atom stereocenters. The first kappa shape index (κ1) is 18.0. The van der Waals surface area contributed by atoms with Crippen molar-refractivity contribution in [2.75, 3.05) is 39.3 Å². The van der Waals surface area contributed by atoms with E-state index in [1.807, 2.05) is 0 Å². The van der Waals surface area contributed by atoms with E-state index in [2.05, 4.69) is 28.6 Å². The highest BCUT2D eigenvalue weighted by molar-refractivity contribution is 14.0. The zero-order chi connectivity index (χ0) is 13.7. The molecule has 0 amide bonds. The average Bonchev–Trinajstić information content (AvgIpc) is 2.84. The van der Waals surface area contributed by atoms with Crippen molar-refractivity contribution in [2.24, 2.45) is 22.6 Å². The van der Waals surface area contributed by atoms with E-state index in [4.69, 9.17) is 5.73 Å². The van der Waals surface area contributed by atoms with Crippen LogP contribution in [0.1, 0.15) is 39.5 Å². The molecule has 0 aromatic heterocycles. The van der Waals surface area contributed by atoms with Crippen molar-refractivity contribution >= 4 is 29.9 Å². The van der Waals surface area contributed by atoms with Crippen molar-refractivity contribution in [1.82, 2.24) is 9.80 Å². The monoisotopic (exact) mass is 394 g/mol. The second-order valence-electron chi connectivity index (χ2n) is 6.55. The summed E-state index contributed by atoms with van der Waals surface area (Å²) in [7, 11) is 0. The molecule has 0 saturated carbocycles. The largest absolute Gasteiger partial charge is 0.370 e. The highest BCUT2D eigenvalue weighted by atomic mass is 127. The fourth-order valence-corrected chi connectivity index (χ4v) is 3.19. The summed E-state index contributed by atoms with van der Waals surface area (Å²) in [6, 6.07) is 0. The maximum Gasteiger partial charge on any atom is 0.191 e. The molecular weight excluding hydrogens is 363 g/mol. The summed E-state index contributed by atoms with van der Waals surface area (Å²) in [5.41, 5.74) is 6.10. The molecule has 2 aliphatic rings. The molecule has 118 valence electrons. The summed E-state index contributed by atoms with van der Waals surface area (Å²) in [4.78, 5) is 9.46. The Morgan fingerprint density at radius 1 is 1.20 bits per heavy atom. The van der Waals surface area contributed by atoms with Gasteiger partial charge in [-0.2, -0.15) is 0 Å². The summed E-state index contributed by atoms with van der Waals surface area (Å²) < 4.78 is 0. The molecule has 0 bridgehead atoms. The molecule has 0 aromatic carbocycles. The van der Waals surface area contributed by atoms with Gasteiger partial charge in [-0.25, -0.2) is 0 Å².